The first-order valence-corrected chi connectivity index (χ1v) is 6.52. The zero-order valence-corrected chi connectivity index (χ0v) is 12.2. The topological polar surface area (TPSA) is 47.3 Å². The van der Waals surface area contributed by atoms with E-state index in [4.69, 9.17) is 22.7 Å². The summed E-state index contributed by atoms with van der Waals surface area (Å²) in [6, 6.07) is -0.477. The van der Waals surface area contributed by atoms with Crippen LogP contribution in [0.25, 0.3) is 0 Å². The average molecular weight is 322 g/mol. The summed E-state index contributed by atoms with van der Waals surface area (Å²) in [6.45, 7) is 2.15. The van der Waals surface area contributed by atoms with E-state index in [-0.39, 0.29) is 11.6 Å². The third kappa shape index (κ3) is 2.69. The molecule has 2 rings (SSSR count). The monoisotopic (exact) mass is 322 g/mol. The van der Waals surface area contributed by atoms with Crippen molar-refractivity contribution in [3.63, 3.8) is 0 Å². The van der Waals surface area contributed by atoms with Gasteiger partial charge in [-0.25, -0.2) is 17.6 Å². The first-order valence-electron chi connectivity index (χ1n) is 6.12. The number of benzene rings is 1. The molecule has 0 aromatic heterocycles. The van der Waals surface area contributed by atoms with E-state index in [0.717, 1.165) is 6.07 Å². The number of nitrogen functional groups attached to an aromatic ring is 1. The summed E-state index contributed by atoms with van der Waals surface area (Å²) in [6.07, 6.45) is 0. The number of thiocarbonyl (C=S) groups is 1. The van der Waals surface area contributed by atoms with Crippen molar-refractivity contribution in [2.45, 2.75) is 31.4 Å². The van der Waals surface area contributed by atoms with Crippen LogP contribution < -0.4 is 11.1 Å². The fourth-order valence-electron chi connectivity index (χ4n) is 2.06. The highest BCUT2D eigenvalue weighted by Gasteiger charge is 2.57. The van der Waals surface area contributed by atoms with Crippen LogP contribution in [-0.4, -0.2) is 23.1 Å². The fraction of sp³-hybridized carbons (Fsp3) is 0.462. The maximum atomic E-state index is 14.6. The van der Waals surface area contributed by atoms with E-state index in [9.17, 15) is 17.6 Å². The number of nitrogens with one attached hydrogen (secondary N) is 1. The van der Waals surface area contributed by atoms with Gasteiger partial charge in [0.1, 0.15) is 28.3 Å². The molecule has 1 atom stereocenters. The van der Waals surface area contributed by atoms with Crippen LogP contribution in [0, 0.1) is 11.6 Å². The van der Waals surface area contributed by atoms with E-state index in [2.05, 4.69) is 5.32 Å². The van der Waals surface area contributed by atoms with Gasteiger partial charge in [0.05, 0.1) is 12.3 Å². The Hall–Kier alpha value is -1.41. The predicted molar refractivity (Wildman–Crippen MR) is 74.2 cm³/mol. The molecular formula is C13H14F4N2OS. The van der Waals surface area contributed by atoms with Gasteiger partial charge in [0.2, 0.25) is 0 Å². The van der Waals surface area contributed by atoms with Gasteiger partial charge in [-0.05, 0) is 19.9 Å². The van der Waals surface area contributed by atoms with Gasteiger partial charge in [0.15, 0.2) is 0 Å². The Bertz CT molecular complexity index is 592. The lowest BCUT2D eigenvalue weighted by molar-refractivity contribution is -0.192. The smallest absolute Gasteiger partial charge is 0.299 e. The number of ether oxygens (including phenoxy) is 1. The van der Waals surface area contributed by atoms with Gasteiger partial charge >= 0.3 is 0 Å². The quantitative estimate of drug-likeness (QED) is 0.474. The number of rotatable bonds is 1. The Morgan fingerprint density at radius 2 is 1.90 bits per heavy atom. The van der Waals surface area contributed by atoms with Crippen molar-refractivity contribution in [2.24, 2.45) is 0 Å². The second kappa shape index (κ2) is 5.10. The third-order valence-corrected chi connectivity index (χ3v) is 3.70. The van der Waals surface area contributed by atoms with Crippen LogP contribution in [-0.2, 0) is 4.74 Å². The van der Waals surface area contributed by atoms with Crippen LogP contribution in [0.5, 0.6) is 0 Å². The fourth-order valence-corrected chi connectivity index (χ4v) is 2.24. The van der Waals surface area contributed by atoms with Crippen molar-refractivity contribution in [1.82, 2.24) is 5.32 Å². The normalized spacial score (nSPS) is 24.3. The molecular weight excluding hydrogens is 308 g/mol. The molecule has 0 spiro atoms. The van der Waals surface area contributed by atoms with Crippen LogP contribution in [0.2, 0.25) is 0 Å². The maximum Gasteiger partial charge on any atom is 0.299 e. The standard InChI is InChI=1S/C13H14F4N2OS/c1-12(2)13(16,17)11(19-10(21)5-20-12)6-3-9(18)8(15)4-7(6)14/h3-4,11H,5,18H2,1-2H3,(H,19,21). The number of nitrogens with two attached hydrogens (primary N) is 1. The number of hydrogen-bond donors (Lipinski definition) is 2. The maximum absolute atomic E-state index is 14.6. The van der Waals surface area contributed by atoms with Crippen molar-refractivity contribution in [1.29, 1.82) is 0 Å². The van der Waals surface area contributed by atoms with Crippen LogP contribution in [0.3, 0.4) is 0 Å². The second-order valence-corrected chi connectivity index (χ2v) is 5.81. The van der Waals surface area contributed by atoms with Crippen molar-refractivity contribution in [3.05, 3.63) is 29.3 Å². The zero-order chi connectivity index (χ0) is 16.0. The number of hydrogen-bond acceptors (Lipinski definition) is 3. The lowest BCUT2D eigenvalue weighted by Crippen LogP contribution is -2.51. The molecule has 116 valence electrons. The minimum atomic E-state index is -3.50. The molecule has 0 aliphatic carbocycles. The molecule has 1 aromatic carbocycles. The van der Waals surface area contributed by atoms with Gasteiger partial charge in [-0.1, -0.05) is 12.2 Å². The van der Waals surface area contributed by atoms with Gasteiger partial charge in [0.25, 0.3) is 5.92 Å². The van der Waals surface area contributed by atoms with Crippen molar-refractivity contribution >= 4 is 22.9 Å². The van der Waals surface area contributed by atoms with Crippen molar-refractivity contribution in [2.75, 3.05) is 12.3 Å². The number of halogens is 4. The molecule has 0 saturated carbocycles. The molecule has 0 bridgehead atoms. The summed E-state index contributed by atoms with van der Waals surface area (Å²) < 4.78 is 61.5. The molecule has 1 aliphatic heterocycles. The highest BCUT2D eigenvalue weighted by molar-refractivity contribution is 7.80. The van der Waals surface area contributed by atoms with Gasteiger partial charge < -0.3 is 15.8 Å². The number of alkyl halides is 2. The Kier molecular flexibility index (Phi) is 3.88. The summed E-state index contributed by atoms with van der Waals surface area (Å²) in [4.78, 5) is 0.00699. The summed E-state index contributed by atoms with van der Waals surface area (Å²) in [7, 11) is 0. The van der Waals surface area contributed by atoms with Crippen LogP contribution in [0.15, 0.2) is 12.1 Å². The van der Waals surface area contributed by atoms with E-state index in [1.54, 1.807) is 0 Å². The Morgan fingerprint density at radius 3 is 2.52 bits per heavy atom. The lowest BCUT2D eigenvalue weighted by atomic mass is 9.88. The molecule has 0 amide bonds. The van der Waals surface area contributed by atoms with Gasteiger partial charge in [0, 0.05) is 11.6 Å². The van der Waals surface area contributed by atoms with E-state index >= 15 is 0 Å². The molecule has 1 unspecified atom stereocenters. The minimum Gasteiger partial charge on any atom is -0.396 e. The Labute approximate surface area is 124 Å². The molecule has 1 saturated heterocycles. The molecule has 0 radical (unpaired) electrons. The first-order chi connectivity index (χ1) is 9.56. The predicted octanol–water partition coefficient (Wildman–Crippen LogP) is 2.95. The SMILES string of the molecule is CC1(C)OCC(=S)NC(c2cc(N)c(F)cc2F)C1(F)F. The molecule has 1 heterocycles. The second-order valence-electron chi connectivity index (χ2n) is 5.32. The van der Waals surface area contributed by atoms with Crippen molar-refractivity contribution in [3.8, 4) is 0 Å². The Morgan fingerprint density at radius 1 is 1.29 bits per heavy atom. The summed E-state index contributed by atoms with van der Waals surface area (Å²) in [5.74, 6) is -5.63. The molecule has 1 aromatic rings. The zero-order valence-electron chi connectivity index (χ0n) is 11.3. The molecule has 3 nitrogen and oxygen atoms in total. The third-order valence-electron chi connectivity index (χ3n) is 3.46. The van der Waals surface area contributed by atoms with E-state index in [1.807, 2.05) is 0 Å². The van der Waals surface area contributed by atoms with Crippen LogP contribution in [0.4, 0.5) is 23.2 Å². The van der Waals surface area contributed by atoms with E-state index < -0.39 is 40.5 Å². The first kappa shape index (κ1) is 16.0. The van der Waals surface area contributed by atoms with Crippen LogP contribution in [0.1, 0.15) is 25.5 Å². The highest BCUT2D eigenvalue weighted by atomic mass is 32.1. The molecule has 1 fully saturated rings. The van der Waals surface area contributed by atoms with E-state index in [0.29, 0.717) is 6.07 Å². The van der Waals surface area contributed by atoms with Gasteiger partial charge in [-0.15, -0.1) is 0 Å². The number of anilines is 1. The summed E-state index contributed by atoms with van der Waals surface area (Å²) in [5.41, 5.74) is 2.58. The lowest BCUT2D eigenvalue weighted by Gasteiger charge is -2.36. The summed E-state index contributed by atoms with van der Waals surface area (Å²) in [5, 5.41) is 2.37. The largest absolute Gasteiger partial charge is 0.396 e. The van der Waals surface area contributed by atoms with Crippen LogP contribution >= 0.6 is 12.2 Å². The average Bonchev–Trinajstić information content (AvgIpc) is 2.44. The molecule has 21 heavy (non-hydrogen) atoms. The van der Waals surface area contributed by atoms with Gasteiger partial charge in [-0.3, -0.25) is 0 Å². The van der Waals surface area contributed by atoms with Crippen molar-refractivity contribution < 1.29 is 22.3 Å². The van der Waals surface area contributed by atoms with Gasteiger partial charge in [-0.2, -0.15) is 0 Å². The highest BCUT2D eigenvalue weighted by Crippen LogP contribution is 2.44. The molecule has 3 N–H and O–H groups in total. The van der Waals surface area contributed by atoms with E-state index in [1.165, 1.54) is 13.8 Å². The Balaban J connectivity index is 2.58. The summed E-state index contributed by atoms with van der Waals surface area (Å²) >= 11 is 4.88. The molecule has 1 aliphatic rings. The minimum absolute atomic E-state index is 0.00699. The molecule has 8 heteroatoms.